The average Bonchev–Trinajstić information content (AvgIpc) is 2.42. The summed E-state index contributed by atoms with van der Waals surface area (Å²) < 4.78 is 16.4. The smallest absolute Gasteiger partial charge is 0.168 e. The van der Waals surface area contributed by atoms with Crippen LogP contribution in [-0.2, 0) is 4.57 Å². The molecule has 0 heterocycles. The van der Waals surface area contributed by atoms with Gasteiger partial charge in [-0.2, -0.15) is 0 Å². The highest BCUT2D eigenvalue weighted by atomic mass is 31.1. The van der Waals surface area contributed by atoms with E-state index >= 15 is 0 Å². The topological polar surface area (TPSA) is 26.3 Å². The Hall–Kier alpha value is -1.66. The van der Waals surface area contributed by atoms with Crippen LogP contribution in [0.4, 0.5) is 0 Å². The van der Waals surface area contributed by atoms with E-state index in [1.807, 2.05) is 54.6 Å². The molecular formula is C14H13O2P. The Labute approximate surface area is 102 Å². The summed E-state index contributed by atoms with van der Waals surface area (Å²) in [6.07, 6.45) is 0. The van der Waals surface area contributed by atoms with Gasteiger partial charge in [0.25, 0.3) is 0 Å². The van der Waals surface area contributed by atoms with E-state index < -0.39 is 0 Å². The van der Waals surface area contributed by atoms with Gasteiger partial charge in [-0.3, -0.25) is 4.57 Å². The van der Waals surface area contributed by atoms with E-state index in [4.69, 9.17) is 4.74 Å². The molecule has 0 N–H and O–H groups in total. The molecule has 0 aliphatic rings. The fourth-order valence-corrected chi connectivity index (χ4v) is 2.32. The monoisotopic (exact) mass is 244 g/mol. The maximum atomic E-state index is 11.3. The van der Waals surface area contributed by atoms with Crippen molar-refractivity contribution in [1.29, 1.82) is 0 Å². The number of ether oxygens (including phenoxy) is 1. The molecule has 0 amide bonds. The van der Waals surface area contributed by atoms with Crippen molar-refractivity contribution in [2.24, 2.45) is 0 Å². The number of hydrogen-bond donors (Lipinski definition) is 0. The first-order valence-corrected chi connectivity index (χ1v) is 6.24. The molecule has 0 bridgehead atoms. The van der Waals surface area contributed by atoms with Crippen molar-refractivity contribution in [2.45, 2.75) is 5.66 Å². The number of hydrogen-bond acceptors (Lipinski definition) is 2. The van der Waals surface area contributed by atoms with E-state index in [-0.39, 0.29) is 14.1 Å². The Morgan fingerprint density at radius 2 is 1.53 bits per heavy atom. The predicted molar refractivity (Wildman–Crippen MR) is 68.9 cm³/mol. The largest absolute Gasteiger partial charge is 0.497 e. The molecule has 0 fully saturated rings. The molecule has 3 heteroatoms. The fraction of sp³-hybridized carbons (Fsp3) is 0.143. The summed E-state index contributed by atoms with van der Waals surface area (Å²) in [5, 5.41) is 0. The molecule has 2 aromatic carbocycles. The van der Waals surface area contributed by atoms with Crippen LogP contribution in [0.1, 0.15) is 16.8 Å². The molecule has 86 valence electrons. The normalized spacial score (nSPS) is 12.3. The zero-order chi connectivity index (χ0) is 12.1. The van der Waals surface area contributed by atoms with E-state index in [2.05, 4.69) is 0 Å². The van der Waals surface area contributed by atoms with E-state index in [9.17, 15) is 4.57 Å². The van der Waals surface area contributed by atoms with Gasteiger partial charge >= 0.3 is 0 Å². The molecule has 0 aromatic heterocycles. The minimum Gasteiger partial charge on any atom is -0.497 e. The summed E-state index contributed by atoms with van der Waals surface area (Å²) in [5.74, 6) is 0.808. The van der Waals surface area contributed by atoms with Gasteiger partial charge < -0.3 is 4.74 Å². The predicted octanol–water partition coefficient (Wildman–Crippen LogP) is 4.08. The molecular weight excluding hydrogens is 231 g/mol. The van der Waals surface area contributed by atoms with Crippen molar-refractivity contribution in [3.05, 3.63) is 65.7 Å². The lowest BCUT2D eigenvalue weighted by atomic mass is 10.0. The third-order valence-electron chi connectivity index (χ3n) is 2.65. The minimum absolute atomic E-state index is 0.105. The first-order chi connectivity index (χ1) is 8.35. The number of benzene rings is 2. The summed E-state index contributed by atoms with van der Waals surface area (Å²) >= 11 is 0. The van der Waals surface area contributed by atoms with Crippen LogP contribution < -0.4 is 4.74 Å². The third-order valence-corrected chi connectivity index (χ3v) is 3.46. The lowest BCUT2D eigenvalue weighted by Crippen LogP contribution is -1.93. The molecule has 2 aromatic rings. The highest BCUT2D eigenvalue weighted by Gasteiger charge is 2.13. The second-order valence-corrected chi connectivity index (χ2v) is 4.42. The van der Waals surface area contributed by atoms with Crippen molar-refractivity contribution in [2.75, 3.05) is 7.11 Å². The maximum Gasteiger partial charge on any atom is 0.168 e. The summed E-state index contributed by atoms with van der Waals surface area (Å²) in [4.78, 5) is 0. The minimum atomic E-state index is -0.109. The van der Waals surface area contributed by atoms with E-state index in [0.717, 1.165) is 16.9 Å². The Kier molecular flexibility index (Phi) is 3.89. The average molecular weight is 244 g/mol. The molecule has 2 nitrogen and oxygen atoms in total. The van der Waals surface area contributed by atoms with Gasteiger partial charge in [0, 0.05) is 0 Å². The Morgan fingerprint density at radius 1 is 0.941 bits per heavy atom. The van der Waals surface area contributed by atoms with E-state index in [0.29, 0.717) is 0 Å². The van der Waals surface area contributed by atoms with Crippen LogP contribution in [0.2, 0.25) is 0 Å². The number of rotatable bonds is 4. The van der Waals surface area contributed by atoms with Crippen molar-refractivity contribution in [3.8, 4) is 5.75 Å². The van der Waals surface area contributed by atoms with Crippen LogP contribution in [0.3, 0.4) is 0 Å². The lowest BCUT2D eigenvalue weighted by Gasteiger charge is -2.10. The van der Waals surface area contributed by atoms with Crippen molar-refractivity contribution >= 4 is 8.46 Å². The van der Waals surface area contributed by atoms with Crippen LogP contribution in [0.5, 0.6) is 5.75 Å². The summed E-state index contributed by atoms with van der Waals surface area (Å²) in [5.41, 5.74) is 1.96. The Morgan fingerprint density at radius 3 is 2.06 bits per heavy atom. The fourth-order valence-electron chi connectivity index (χ4n) is 1.74. The second kappa shape index (κ2) is 5.60. The van der Waals surface area contributed by atoms with E-state index in [1.165, 1.54) is 0 Å². The molecule has 1 atom stereocenters. The highest BCUT2D eigenvalue weighted by Crippen LogP contribution is 2.34. The van der Waals surface area contributed by atoms with Crippen molar-refractivity contribution < 1.29 is 9.30 Å². The highest BCUT2D eigenvalue weighted by molar-refractivity contribution is 7.24. The summed E-state index contributed by atoms with van der Waals surface area (Å²) in [7, 11) is 1.74. The molecule has 0 saturated heterocycles. The van der Waals surface area contributed by atoms with Crippen LogP contribution in [0, 0.1) is 0 Å². The lowest BCUT2D eigenvalue weighted by molar-refractivity contribution is 0.414. The Bertz CT molecular complexity index is 479. The Balaban J connectivity index is 2.32. The summed E-state index contributed by atoms with van der Waals surface area (Å²) in [6.45, 7) is 0. The molecule has 2 rings (SSSR count). The van der Waals surface area contributed by atoms with Gasteiger partial charge in [0.2, 0.25) is 0 Å². The maximum absolute atomic E-state index is 11.3. The van der Waals surface area contributed by atoms with Crippen LogP contribution in [0.25, 0.3) is 0 Å². The zero-order valence-electron chi connectivity index (χ0n) is 9.54. The quantitative estimate of drug-likeness (QED) is 0.757. The SMILES string of the molecule is COc1ccc(C(P=O)c2ccccc2)cc1. The second-order valence-electron chi connectivity index (χ2n) is 3.69. The van der Waals surface area contributed by atoms with Crippen LogP contribution >= 0.6 is 8.46 Å². The standard InChI is InChI=1S/C14H13O2P/c1-16-13-9-7-12(8-10-13)14(17-15)11-5-3-2-4-6-11/h2-10,14H,1H3. The zero-order valence-corrected chi connectivity index (χ0v) is 10.4. The molecule has 0 radical (unpaired) electrons. The molecule has 0 aliphatic heterocycles. The van der Waals surface area contributed by atoms with Crippen molar-refractivity contribution in [3.63, 3.8) is 0 Å². The first-order valence-electron chi connectivity index (χ1n) is 5.36. The van der Waals surface area contributed by atoms with Gasteiger partial charge in [-0.25, -0.2) is 0 Å². The van der Waals surface area contributed by atoms with Crippen LogP contribution in [-0.4, -0.2) is 7.11 Å². The molecule has 1 unspecified atom stereocenters. The van der Waals surface area contributed by atoms with Gasteiger partial charge in [0.05, 0.1) is 12.8 Å². The third kappa shape index (κ3) is 2.72. The first kappa shape index (κ1) is 11.8. The van der Waals surface area contributed by atoms with Gasteiger partial charge in [-0.15, -0.1) is 0 Å². The molecule has 0 saturated carbocycles. The van der Waals surface area contributed by atoms with Crippen molar-refractivity contribution in [1.82, 2.24) is 0 Å². The van der Waals surface area contributed by atoms with Gasteiger partial charge in [0.1, 0.15) is 5.75 Å². The van der Waals surface area contributed by atoms with Gasteiger partial charge in [0.15, 0.2) is 8.46 Å². The van der Waals surface area contributed by atoms with E-state index in [1.54, 1.807) is 7.11 Å². The number of methoxy groups -OCH3 is 1. The van der Waals surface area contributed by atoms with Gasteiger partial charge in [-0.05, 0) is 23.3 Å². The summed E-state index contributed by atoms with van der Waals surface area (Å²) in [6, 6.07) is 17.5. The molecule has 0 spiro atoms. The van der Waals surface area contributed by atoms with Gasteiger partial charge in [-0.1, -0.05) is 42.5 Å². The molecule has 0 aliphatic carbocycles. The van der Waals surface area contributed by atoms with Crippen LogP contribution in [0.15, 0.2) is 54.6 Å². The molecule has 17 heavy (non-hydrogen) atoms.